The third-order valence-corrected chi connectivity index (χ3v) is 3.41. The largest absolute Gasteiger partial charge is 0.302 e. The number of nitrogens with zero attached hydrogens (tertiary/aromatic N) is 1. The molecule has 0 aliphatic heterocycles. The molecule has 17 heavy (non-hydrogen) atoms. The highest BCUT2D eigenvalue weighted by Gasteiger charge is 2.06. The van der Waals surface area contributed by atoms with E-state index in [2.05, 4.69) is 51.8 Å². The molecule has 0 N–H and O–H groups in total. The Hall–Kier alpha value is -0.820. The van der Waals surface area contributed by atoms with Gasteiger partial charge in [0, 0.05) is 6.54 Å². The van der Waals surface area contributed by atoms with Crippen LogP contribution in [0.1, 0.15) is 48.4 Å². The van der Waals surface area contributed by atoms with Crippen molar-refractivity contribution in [3.05, 3.63) is 34.4 Å². The number of hydrogen-bond acceptors (Lipinski definition) is 1. The predicted molar refractivity (Wildman–Crippen MR) is 76.5 cm³/mol. The van der Waals surface area contributed by atoms with E-state index in [1.165, 1.54) is 48.1 Å². The van der Waals surface area contributed by atoms with Crippen LogP contribution in [-0.4, -0.2) is 18.5 Å². The van der Waals surface area contributed by atoms with E-state index in [0.717, 1.165) is 6.54 Å². The first-order chi connectivity index (χ1) is 8.04. The molecule has 0 radical (unpaired) electrons. The van der Waals surface area contributed by atoms with Gasteiger partial charge in [-0.15, -0.1) is 0 Å². The van der Waals surface area contributed by atoms with Crippen molar-refractivity contribution in [1.82, 2.24) is 4.90 Å². The molecule has 0 aromatic heterocycles. The third-order valence-electron chi connectivity index (χ3n) is 3.41. The molecule has 0 atom stereocenters. The highest BCUT2D eigenvalue weighted by atomic mass is 15.1. The zero-order valence-corrected chi connectivity index (χ0v) is 12.1. The minimum absolute atomic E-state index is 1.08. The molecule has 0 heterocycles. The molecule has 0 aliphatic carbocycles. The van der Waals surface area contributed by atoms with Crippen LogP contribution >= 0.6 is 0 Å². The van der Waals surface area contributed by atoms with Gasteiger partial charge < -0.3 is 4.90 Å². The fourth-order valence-electron chi connectivity index (χ4n) is 2.44. The highest BCUT2D eigenvalue weighted by molar-refractivity contribution is 5.37. The van der Waals surface area contributed by atoms with Gasteiger partial charge >= 0.3 is 0 Å². The van der Waals surface area contributed by atoms with Crippen molar-refractivity contribution in [1.29, 1.82) is 0 Å². The van der Waals surface area contributed by atoms with Gasteiger partial charge in [-0.2, -0.15) is 0 Å². The first kappa shape index (κ1) is 14.2. The Morgan fingerprint density at radius 2 is 1.59 bits per heavy atom. The molecule has 0 bridgehead atoms. The summed E-state index contributed by atoms with van der Waals surface area (Å²) in [5, 5.41) is 0. The summed E-state index contributed by atoms with van der Waals surface area (Å²) in [5.74, 6) is 0. The minimum Gasteiger partial charge on any atom is -0.302 e. The van der Waals surface area contributed by atoms with E-state index in [1.54, 1.807) is 0 Å². The van der Waals surface area contributed by atoms with Crippen molar-refractivity contribution in [2.24, 2.45) is 0 Å². The summed E-state index contributed by atoms with van der Waals surface area (Å²) in [6.07, 6.45) is 3.96. The molecule has 0 saturated carbocycles. The lowest BCUT2D eigenvalue weighted by atomic mass is 9.99. The number of aryl methyl sites for hydroxylation is 3. The summed E-state index contributed by atoms with van der Waals surface area (Å²) < 4.78 is 0. The lowest BCUT2D eigenvalue weighted by Gasteiger charge is -2.20. The monoisotopic (exact) mass is 233 g/mol. The molecule has 1 nitrogen and oxygen atoms in total. The maximum atomic E-state index is 2.44. The molecule has 0 amide bonds. The van der Waals surface area contributed by atoms with Crippen LogP contribution in [0.5, 0.6) is 0 Å². The molecule has 1 aromatic rings. The minimum atomic E-state index is 1.08. The van der Waals surface area contributed by atoms with E-state index in [0.29, 0.717) is 0 Å². The highest BCUT2D eigenvalue weighted by Crippen LogP contribution is 2.18. The van der Waals surface area contributed by atoms with Crippen molar-refractivity contribution in [3.8, 4) is 0 Å². The van der Waals surface area contributed by atoms with Gasteiger partial charge in [0.2, 0.25) is 0 Å². The van der Waals surface area contributed by atoms with E-state index in [4.69, 9.17) is 0 Å². The smallest absolute Gasteiger partial charge is 0.0235 e. The maximum Gasteiger partial charge on any atom is 0.0235 e. The predicted octanol–water partition coefficient (Wildman–Crippen LogP) is 4.23. The summed E-state index contributed by atoms with van der Waals surface area (Å²) in [5.41, 5.74) is 5.75. The van der Waals surface area contributed by atoms with Crippen LogP contribution in [-0.2, 0) is 6.54 Å². The Labute approximate surface area is 107 Å². The van der Waals surface area contributed by atoms with Crippen molar-refractivity contribution >= 4 is 0 Å². The molecule has 0 saturated heterocycles. The fourth-order valence-corrected chi connectivity index (χ4v) is 2.44. The second-order valence-corrected chi connectivity index (χ2v) is 5.32. The molecular weight excluding hydrogens is 206 g/mol. The van der Waals surface area contributed by atoms with Crippen LogP contribution < -0.4 is 0 Å². The Balaban J connectivity index is 2.61. The third kappa shape index (κ3) is 4.51. The number of hydrogen-bond donors (Lipinski definition) is 0. The van der Waals surface area contributed by atoms with E-state index in [9.17, 15) is 0 Å². The first-order valence-corrected chi connectivity index (χ1v) is 6.80. The molecular formula is C16H27N. The zero-order valence-electron chi connectivity index (χ0n) is 12.1. The molecule has 1 heteroatoms. The van der Waals surface area contributed by atoms with Gasteiger partial charge in [-0.3, -0.25) is 0 Å². The topological polar surface area (TPSA) is 3.24 Å². The van der Waals surface area contributed by atoms with Gasteiger partial charge in [-0.05, 0) is 57.5 Å². The van der Waals surface area contributed by atoms with Crippen LogP contribution in [0.25, 0.3) is 0 Å². The van der Waals surface area contributed by atoms with E-state index >= 15 is 0 Å². The second kappa shape index (κ2) is 6.80. The van der Waals surface area contributed by atoms with Crippen molar-refractivity contribution in [2.75, 3.05) is 13.6 Å². The Bertz CT molecular complexity index is 332. The van der Waals surface area contributed by atoms with Crippen molar-refractivity contribution < 1.29 is 0 Å². The molecule has 0 unspecified atom stereocenters. The Kier molecular flexibility index (Phi) is 5.70. The Morgan fingerprint density at radius 3 is 2.12 bits per heavy atom. The van der Waals surface area contributed by atoms with E-state index in [-0.39, 0.29) is 0 Å². The van der Waals surface area contributed by atoms with Gasteiger partial charge in [-0.25, -0.2) is 0 Å². The van der Waals surface area contributed by atoms with Crippen LogP contribution in [0.15, 0.2) is 12.1 Å². The summed E-state index contributed by atoms with van der Waals surface area (Å²) in [6, 6.07) is 4.59. The SMILES string of the molecule is CCCCCN(C)Cc1c(C)cc(C)cc1C. The van der Waals surface area contributed by atoms with Gasteiger partial charge in [0.15, 0.2) is 0 Å². The zero-order chi connectivity index (χ0) is 12.8. The second-order valence-electron chi connectivity index (χ2n) is 5.32. The standard InChI is InChI=1S/C16H27N/c1-6-7-8-9-17(5)12-16-14(3)10-13(2)11-15(16)4/h10-11H,6-9,12H2,1-5H3. The van der Waals surface area contributed by atoms with E-state index < -0.39 is 0 Å². The van der Waals surface area contributed by atoms with Crippen molar-refractivity contribution in [2.45, 2.75) is 53.5 Å². The number of rotatable bonds is 6. The molecule has 0 spiro atoms. The van der Waals surface area contributed by atoms with Gasteiger partial charge in [0.05, 0.1) is 0 Å². The summed E-state index contributed by atoms with van der Waals surface area (Å²) in [6.45, 7) is 11.2. The average Bonchev–Trinajstić information content (AvgIpc) is 2.24. The first-order valence-electron chi connectivity index (χ1n) is 6.80. The Morgan fingerprint density at radius 1 is 1.00 bits per heavy atom. The fraction of sp³-hybridized carbons (Fsp3) is 0.625. The molecule has 1 rings (SSSR count). The summed E-state index contributed by atoms with van der Waals surface area (Å²) >= 11 is 0. The van der Waals surface area contributed by atoms with Crippen molar-refractivity contribution in [3.63, 3.8) is 0 Å². The quantitative estimate of drug-likeness (QED) is 0.664. The van der Waals surface area contributed by atoms with Gasteiger partial charge in [0.1, 0.15) is 0 Å². The summed E-state index contributed by atoms with van der Waals surface area (Å²) in [7, 11) is 2.23. The molecule has 1 aromatic carbocycles. The lowest BCUT2D eigenvalue weighted by Crippen LogP contribution is -2.20. The van der Waals surface area contributed by atoms with E-state index in [1.807, 2.05) is 0 Å². The molecule has 96 valence electrons. The number of benzene rings is 1. The average molecular weight is 233 g/mol. The summed E-state index contributed by atoms with van der Waals surface area (Å²) in [4.78, 5) is 2.44. The lowest BCUT2D eigenvalue weighted by molar-refractivity contribution is 0.317. The van der Waals surface area contributed by atoms with Gasteiger partial charge in [-0.1, -0.05) is 37.5 Å². The normalized spacial score (nSPS) is 11.2. The maximum absolute atomic E-state index is 2.44. The van der Waals surface area contributed by atoms with Crippen LogP contribution in [0.4, 0.5) is 0 Å². The van der Waals surface area contributed by atoms with Crippen LogP contribution in [0.3, 0.4) is 0 Å². The molecule has 0 fully saturated rings. The number of unbranched alkanes of at least 4 members (excludes halogenated alkanes) is 2. The van der Waals surface area contributed by atoms with Gasteiger partial charge in [0.25, 0.3) is 0 Å². The van der Waals surface area contributed by atoms with Crippen LogP contribution in [0, 0.1) is 20.8 Å². The molecule has 0 aliphatic rings. The van der Waals surface area contributed by atoms with Crippen LogP contribution in [0.2, 0.25) is 0 Å².